The summed E-state index contributed by atoms with van der Waals surface area (Å²) in [5.74, 6) is -1.48. The second kappa shape index (κ2) is 10.5. The van der Waals surface area contributed by atoms with E-state index in [0.717, 1.165) is 41.7 Å². The molecule has 2 fully saturated rings. The van der Waals surface area contributed by atoms with Crippen molar-refractivity contribution < 1.29 is 24.4 Å². The molecule has 4 atom stereocenters. The molecule has 2 saturated heterocycles. The third-order valence-corrected chi connectivity index (χ3v) is 8.21. The summed E-state index contributed by atoms with van der Waals surface area (Å²) in [6.07, 6.45) is 5.60. The minimum Gasteiger partial charge on any atom is -0.507 e. The first-order valence-corrected chi connectivity index (χ1v) is 13.3. The van der Waals surface area contributed by atoms with Gasteiger partial charge in [-0.25, -0.2) is 4.90 Å². The zero-order valence-electron chi connectivity index (χ0n) is 21.6. The summed E-state index contributed by atoms with van der Waals surface area (Å²) in [6, 6.07) is 13.0. The van der Waals surface area contributed by atoms with Gasteiger partial charge in [0.2, 0.25) is 11.8 Å². The minimum atomic E-state index is -0.524. The number of fused-ring (bicyclic) bond motifs is 3. The fraction of sp³-hybridized carbons (Fsp3) is 0.400. The van der Waals surface area contributed by atoms with Crippen LogP contribution >= 0.6 is 0 Å². The van der Waals surface area contributed by atoms with Gasteiger partial charge in [0.15, 0.2) is 0 Å². The monoisotopic (exact) mass is 516 g/mol. The number of rotatable bonds is 8. The Balaban J connectivity index is 1.38. The van der Waals surface area contributed by atoms with Crippen LogP contribution in [-0.4, -0.2) is 34.6 Å². The van der Waals surface area contributed by atoms with E-state index in [4.69, 9.17) is 4.74 Å². The number of hydrogen-bond donors (Lipinski definition) is 1. The van der Waals surface area contributed by atoms with Gasteiger partial charge >= 0.3 is 0 Å². The molecule has 8 nitrogen and oxygen atoms in total. The van der Waals surface area contributed by atoms with E-state index in [0.29, 0.717) is 13.0 Å². The highest BCUT2D eigenvalue weighted by Gasteiger charge is 2.57. The topological polar surface area (TPSA) is 110 Å². The number of imide groups is 1. The van der Waals surface area contributed by atoms with Gasteiger partial charge in [-0.05, 0) is 49.8 Å². The molecule has 8 heteroatoms. The lowest BCUT2D eigenvalue weighted by Crippen LogP contribution is -2.34. The molecule has 1 N–H and O–H groups in total. The lowest BCUT2D eigenvalue weighted by atomic mass is 9.69. The number of aromatic hydroxyl groups is 1. The number of allylic oxidation sites excluding steroid dienone is 2. The van der Waals surface area contributed by atoms with Crippen LogP contribution in [0.2, 0.25) is 0 Å². The Morgan fingerprint density at radius 3 is 2.63 bits per heavy atom. The fourth-order valence-electron chi connectivity index (χ4n) is 6.31. The van der Waals surface area contributed by atoms with Gasteiger partial charge < -0.3 is 9.84 Å². The van der Waals surface area contributed by atoms with Crippen LogP contribution in [0.5, 0.6) is 5.75 Å². The normalized spacial score (nSPS) is 25.1. The minimum absolute atomic E-state index is 0.120. The van der Waals surface area contributed by atoms with Crippen LogP contribution in [-0.2, 0) is 14.3 Å². The summed E-state index contributed by atoms with van der Waals surface area (Å²) in [7, 11) is 0. The number of nitrogens with zero attached hydrogens (tertiary/aromatic N) is 2. The Hall–Kier alpha value is -3.78. The maximum absolute atomic E-state index is 13.6. The van der Waals surface area contributed by atoms with Crippen molar-refractivity contribution in [2.24, 2.45) is 17.8 Å². The summed E-state index contributed by atoms with van der Waals surface area (Å²) in [4.78, 5) is 39.0. The number of anilines is 1. The van der Waals surface area contributed by atoms with Crippen molar-refractivity contribution in [1.29, 1.82) is 0 Å². The molecule has 198 valence electrons. The summed E-state index contributed by atoms with van der Waals surface area (Å²) in [6.45, 7) is 4.55. The molecular formula is C30H32N2O6. The number of nitro benzene ring substituents is 1. The lowest BCUT2D eigenvalue weighted by molar-refractivity contribution is -0.384. The first kappa shape index (κ1) is 25.9. The molecule has 1 aliphatic carbocycles. The SMILES string of the molecule is CCC1=C2[C@@H](CC/C(=C/c3ccccc3O)CC)OC[C@@H]2[C@@H]2C(=O)N(c3cccc([N+](=O)[O-])c3)C(=O)[C@@H]2C1. The average molecular weight is 517 g/mol. The van der Waals surface area contributed by atoms with Crippen LogP contribution in [0.15, 0.2) is 65.3 Å². The van der Waals surface area contributed by atoms with E-state index in [1.165, 1.54) is 29.3 Å². The van der Waals surface area contributed by atoms with E-state index < -0.39 is 16.8 Å². The second-order valence-corrected chi connectivity index (χ2v) is 10.2. The third-order valence-electron chi connectivity index (χ3n) is 8.21. The van der Waals surface area contributed by atoms with Crippen LogP contribution in [0.3, 0.4) is 0 Å². The molecule has 0 unspecified atom stereocenters. The Kier molecular flexibility index (Phi) is 7.17. The van der Waals surface area contributed by atoms with Crippen LogP contribution in [0, 0.1) is 27.9 Å². The van der Waals surface area contributed by atoms with Crippen LogP contribution in [0.25, 0.3) is 6.08 Å². The van der Waals surface area contributed by atoms with Crippen LogP contribution in [0.1, 0.15) is 51.5 Å². The number of carbonyl (C=O) groups excluding carboxylic acids is 2. The van der Waals surface area contributed by atoms with Gasteiger partial charge in [0.1, 0.15) is 5.75 Å². The lowest BCUT2D eigenvalue weighted by Gasteiger charge is -2.31. The van der Waals surface area contributed by atoms with Crippen LogP contribution in [0.4, 0.5) is 11.4 Å². The van der Waals surface area contributed by atoms with Gasteiger partial charge in [0.25, 0.3) is 5.69 Å². The highest BCUT2D eigenvalue weighted by atomic mass is 16.6. The molecule has 0 aromatic heterocycles. The van der Waals surface area contributed by atoms with E-state index in [2.05, 4.69) is 13.8 Å². The molecule has 0 spiro atoms. The number of phenolic OH excluding ortho intramolecular Hbond substituents is 1. The number of ether oxygens (including phenoxy) is 1. The van der Waals surface area contributed by atoms with Gasteiger partial charge in [-0.2, -0.15) is 0 Å². The molecule has 2 heterocycles. The molecule has 2 aromatic rings. The van der Waals surface area contributed by atoms with Gasteiger partial charge in [0.05, 0.1) is 35.2 Å². The van der Waals surface area contributed by atoms with E-state index in [-0.39, 0.29) is 41.0 Å². The number of nitro groups is 1. The molecule has 2 aliphatic heterocycles. The number of para-hydroxylation sites is 1. The van der Waals surface area contributed by atoms with Crippen molar-refractivity contribution >= 4 is 29.3 Å². The van der Waals surface area contributed by atoms with Crippen molar-refractivity contribution in [3.63, 3.8) is 0 Å². The third kappa shape index (κ3) is 4.53. The predicted molar refractivity (Wildman–Crippen MR) is 143 cm³/mol. The maximum Gasteiger partial charge on any atom is 0.271 e. The van der Waals surface area contributed by atoms with Gasteiger partial charge in [-0.3, -0.25) is 19.7 Å². The highest BCUT2D eigenvalue weighted by molar-refractivity contribution is 6.22. The predicted octanol–water partition coefficient (Wildman–Crippen LogP) is 5.81. The Bertz CT molecular complexity index is 1350. The summed E-state index contributed by atoms with van der Waals surface area (Å²) >= 11 is 0. The summed E-state index contributed by atoms with van der Waals surface area (Å²) in [5, 5.41) is 21.4. The molecule has 3 aliphatic rings. The Morgan fingerprint density at radius 2 is 1.92 bits per heavy atom. The standard InChI is InChI=1S/C30H32N2O6/c1-3-18(14-20-8-5-6-11-25(20)33)12-13-26-27-19(4-2)15-23-28(24(27)17-38-26)30(35)31(29(23)34)21-9-7-10-22(16-21)32(36)37/h5-11,14,16,23-24,26,28,33H,3-4,12-13,15,17H2,1-2H3/b18-14+/t23-,24+,26-,28-/m1/s1. The quantitative estimate of drug-likeness (QED) is 0.205. The van der Waals surface area contributed by atoms with Gasteiger partial charge in [-0.15, -0.1) is 0 Å². The molecule has 2 amide bonds. The smallest absolute Gasteiger partial charge is 0.271 e. The first-order chi connectivity index (χ1) is 18.3. The molecule has 0 radical (unpaired) electrons. The van der Waals surface area contributed by atoms with Crippen molar-refractivity contribution in [3.05, 3.63) is 80.9 Å². The first-order valence-electron chi connectivity index (χ1n) is 13.3. The van der Waals surface area contributed by atoms with E-state index in [1.54, 1.807) is 18.2 Å². The second-order valence-electron chi connectivity index (χ2n) is 10.2. The summed E-state index contributed by atoms with van der Waals surface area (Å²) in [5.41, 5.74) is 4.44. The molecule has 2 aromatic carbocycles. The number of carbonyl (C=O) groups is 2. The molecule has 0 bridgehead atoms. The number of phenols is 1. The van der Waals surface area contributed by atoms with E-state index in [1.807, 2.05) is 18.2 Å². The van der Waals surface area contributed by atoms with Crippen LogP contribution < -0.4 is 4.90 Å². The summed E-state index contributed by atoms with van der Waals surface area (Å²) < 4.78 is 6.28. The van der Waals surface area contributed by atoms with E-state index in [9.17, 15) is 24.8 Å². The van der Waals surface area contributed by atoms with Gasteiger partial charge in [-0.1, -0.05) is 55.3 Å². The molecule has 0 saturated carbocycles. The Labute approximate surface area is 221 Å². The van der Waals surface area contributed by atoms with Crippen molar-refractivity contribution in [3.8, 4) is 5.75 Å². The van der Waals surface area contributed by atoms with E-state index >= 15 is 0 Å². The van der Waals surface area contributed by atoms with Crippen molar-refractivity contribution in [2.75, 3.05) is 11.5 Å². The Morgan fingerprint density at radius 1 is 1.13 bits per heavy atom. The molecule has 38 heavy (non-hydrogen) atoms. The number of benzene rings is 2. The van der Waals surface area contributed by atoms with Gasteiger partial charge in [0, 0.05) is 23.6 Å². The number of amides is 2. The van der Waals surface area contributed by atoms with Crippen molar-refractivity contribution in [1.82, 2.24) is 0 Å². The fourth-order valence-corrected chi connectivity index (χ4v) is 6.31. The number of non-ortho nitro benzene ring substituents is 1. The zero-order chi connectivity index (χ0) is 27.0. The molecular weight excluding hydrogens is 484 g/mol. The largest absolute Gasteiger partial charge is 0.507 e. The maximum atomic E-state index is 13.6. The number of hydrogen-bond acceptors (Lipinski definition) is 6. The molecule has 5 rings (SSSR count). The average Bonchev–Trinajstić information content (AvgIpc) is 3.45. The van der Waals surface area contributed by atoms with Crippen molar-refractivity contribution in [2.45, 2.75) is 52.1 Å². The zero-order valence-corrected chi connectivity index (χ0v) is 21.6. The highest BCUT2D eigenvalue weighted by Crippen LogP contribution is 2.51.